The van der Waals surface area contributed by atoms with Crippen LogP contribution in [0.15, 0.2) is 58.8 Å². The highest BCUT2D eigenvalue weighted by Gasteiger charge is 2.16. The Labute approximate surface area is 198 Å². The normalized spacial score (nSPS) is 11.6. The van der Waals surface area contributed by atoms with Gasteiger partial charge in [-0.1, -0.05) is 78.6 Å². The highest BCUT2D eigenvalue weighted by Crippen LogP contribution is 2.21. The van der Waals surface area contributed by atoms with Gasteiger partial charge >= 0.3 is 11.9 Å². The van der Waals surface area contributed by atoms with E-state index in [1.165, 1.54) is 20.8 Å². The fourth-order valence-electron chi connectivity index (χ4n) is 3.04. The Balaban J connectivity index is 2.16. The van der Waals surface area contributed by atoms with Crippen molar-refractivity contribution in [3.8, 4) is 11.1 Å². The van der Waals surface area contributed by atoms with Gasteiger partial charge in [0.2, 0.25) is 11.6 Å². The molecule has 0 fully saturated rings. The second-order valence-corrected chi connectivity index (χ2v) is 7.65. The second kappa shape index (κ2) is 12.9. The Bertz CT molecular complexity index is 1100. The quantitative estimate of drug-likeness (QED) is 0.149. The molecule has 2 aromatic rings. The highest BCUT2D eigenvalue weighted by atomic mass is 16.7. The van der Waals surface area contributed by atoms with E-state index in [4.69, 9.17) is 4.84 Å². The van der Waals surface area contributed by atoms with Gasteiger partial charge in [0.25, 0.3) is 0 Å². The fraction of sp³-hybridized carbons (Fsp3) is 0.308. The summed E-state index contributed by atoms with van der Waals surface area (Å²) in [6.45, 7) is 5.97. The van der Waals surface area contributed by atoms with Crippen LogP contribution in [0.1, 0.15) is 74.1 Å². The van der Waals surface area contributed by atoms with E-state index >= 15 is 0 Å². The van der Waals surface area contributed by atoms with E-state index in [9.17, 15) is 19.2 Å². The molecule has 0 aliphatic rings. The molecule has 0 bridgehead atoms. The van der Waals surface area contributed by atoms with Crippen molar-refractivity contribution in [3.63, 3.8) is 0 Å². The maximum atomic E-state index is 12.9. The summed E-state index contributed by atoms with van der Waals surface area (Å²) in [5, 5.41) is 7.28. The number of rotatable bonds is 11. The summed E-state index contributed by atoms with van der Waals surface area (Å²) in [6.07, 6.45) is 3.14. The first kappa shape index (κ1) is 26.3. The Morgan fingerprint density at radius 2 is 1.15 bits per heavy atom. The van der Waals surface area contributed by atoms with Crippen molar-refractivity contribution in [1.82, 2.24) is 0 Å². The maximum Gasteiger partial charge on any atom is 0.331 e. The molecule has 0 saturated heterocycles. The highest BCUT2D eigenvalue weighted by molar-refractivity contribution is 6.46. The van der Waals surface area contributed by atoms with Crippen molar-refractivity contribution in [2.45, 2.75) is 53.4 Å². The van der Waals surface area contributed by atoms with Gasteiger partial charge in [0.05, 0.1) is 0 Å². The van der Waals surface area contributed by atoms with Gasteiger partial charge in [-0.15, -0.1) is 0 Å². The van der Waals surface area contributed by atoms with Gasteiger partial charge in [0.15, 0.2) is 0 Å². The number of carbonyl (C=O) groups is 4. The average Bonchev–Trinajstić information content (AvgIpc) is 2.83. The molecule has 0 aliphatic carbocycles. The van der Waals surface area contributed by atoms with E-state index in [1.807, 2.05) is 0 Å². The molecular weight excluding hydrogens is 436 g/mol. The topological polar surface area (TPSA) is 111 Å². The first-order chi connectivity index (χ1) is 16.2. The van der Waals surface area contributed by atoms with Crippen LogP contribution in [0.25, 0.3) is 11.1 Å². The predicted octanol–water partition coefficient (Wildman–Crippen LogP) is 5.16. The predicted molar refractivity (Wildman–Crippen MR) is 129 cm³/mol. The van der Waals surface area contributed by atoms with E-state index in [0.29, 0.717) is 17.5 Å². The minimum atomic E-state index is -0.602. The molecule has 8 heteroatoms. The zero-order valence-electron chi connectivity index (χ0n) is 19.8. The largest absolute Gasteiger partial charge is 0.331 e. The lowest BCUT2D eigenvalue weighted by atomic mass is 9.97. The van der Waals surface area contributed by atoms with Gasteiger partial charge in [-0.25, -0.2) is 9.59 Å². The van der Waals surface area contributed by atoms with Gasteiger partial charge in [-0.05, 0) is 30.9 Å². The van der Waals surface area contributed by atoms with Crippen LogP contribution in [0.3, 0.4) is 0 Å². The van der Waals surface area contributed by atoms with E-state index in [0.717, 1.165) is 30.4 Å². The van der Waals surface area contributed by atoms with Crippen molar-refractivity contribution in [1.29, 1.82) is 0 Å². The minimum absolute atomic E-state index is 0.0657. The van der Waals surface area contributed by atoms with E-state index in [-0.39, 0.29) is 23.0 Å². The van der Waals surface area contributed by atoms with E-state index in [1.54, 1.807) is 48.5 Å². The van der Waals surface area contributed by atoms with E-state index in [2.05, 4.69) is 22.1 Å². The zero-order valence-corrected chi connectivity index (χ0v) is 19.8. The number of ketones is 2. The van der Waals surface area contributed by atoms with Gasteiger partial charge in [-0.2, -0.15) is 0 Å². The second-order valence-electron chi connectivity index (χ2n) is 7.65. The minimum Gasteiger partial charge on any atom is -0.318 e. The zero-order chi connectivity index (χ0) is 25.1. The third-order valence-electron chi connectivity index (χ3n) is 4.83. The Kier molecular flexibility index (Phi) is 10.0. The summed E-state index contributed by atoms with van der Waals surface area (Å²) < 4.78 is 0. The number of oxime groups is 2. The van der Waals surface area contributed by atoms with Crippen LogP contribution >= 0.6 is 0 Å². The monoisotopic (exact) mass is 464 g/mol. The number of nitrogens with zero attached hydrogens (tertiary/aromatic N) is 2. The molecule has 0 amide bonds. The lowest BCUT2D eigenvalue weighted by molar-refractivity contribution is -0.141. The van der Waals surface area contributed by atoms with Crippen LogP contribution in [0, 0.1) is 0 Å². The average molecular weight is 465 g/mol. The number of hydrogen-bond donors (Lipinski definition) is 0. The smallest absolute Gasteiger partial charge is 0.318 e. The third kappa shape index (κ3) is 7.88. The van der Waals surface area contributed by atoms with Gasteiger partial charge in [0, 0.05) is 25.0 Å². The van der Waals surface area contributed by atoms with Crippen LogP contribution in [0.4, 0.5) is 0 Å². The van der Waals surface area contributed by atoms with Crippen LogP contribution < -0.4 is 0 Å². The van der Waals surface area contributed by atoms with E-state index < -0.39 is 11.9 Å². The van der Waals surface area contributed by atoms with Crippen molar-refractivity contribution in [3.05, 3.63) is 59.7 Å². The summed E-state index contributed by atoms with van der Waals surface area (Å²) >= 11 is 0. The molecule has 0 unspecified atom stereocenters. The Morgan fingerprint density at radius 1 is 0.676 bits per heavy atom. The molecule has 0 radical (unpaired) electrons. The Morgan fingerprint density at radius 3 is 1.62 bits per heavy atom. The molecule has 0 N–H and O–H groups in total. The molecule has 0 aliphatic heterocycles. The summed E-state index contributed by atoms with van der Waals surface area (Å²) in [6, 6.07) is 13.8. The summed E-state index contributed by atoms with van der Waals surface area (Å²) in [5.74, 6) is -1.81. The first-order valence-electron chi connectivity index (χ1n) is 11.0. The molecule has 0 atom stereocenters. The number of carbonyl (C=O) groups excluding carboxylic acids is 4. The van der Waals surface area contributed by atoms with Crippen LogP contribution in [-0.2, 0) is 19.3 Å². The van der Waals surface area contributed by atoms with Gasteiger partial charge < -0.3 is 9.68 Å². The van der Waals surface area contributed by atoms with Crippen LogP contribution in [0.2, 0.25) is 0 Å². The van der Waals surface area contributed by atoms with Crippen LogP contribution in [0.5, 0.6) is 0 Å². The van der Waals surface area contributed by atoms with Crippen molar-refractivity contribution in [2.24, 2.45) is 10.3 Å². The molecule has 2 rings (SSSR count). The number of Topliss-reactive ketones (excluding diaryl/α,β-unsaturated/α-hetero) is 2. The van der Waals surface area contributed by atoms with Crippen molar-refractivity contribution < 1.29 is 28.9 Å². The Hall–Kier alpha value is -3.94. The third-order valence-corrected chi connectivity index (χ3v) is 4.83. The fourth-order valence-corrected chi connectivity index (χ4v) is 3.04. The van der Waals surface area contributed by atoms with Crippen molar-refractivity contribution in [2.75, 3.05) is 0 Å². The number of unbranched alkanes of at least 4 members (excludes halogenated alkanes) is 2. The van der Waals surface area contributed by atoms with Crippen LogP contribution in [-0.4, -0.2) is 34.9 Å². The summed E-state index contributed by atoms with van der Waals surface area (Å²) in [7, 11) is 0. The summed E-state index contributed by atoms with van der Waals surface area (Å²) in [4.78, 5) is 56.4. The molecule has 8 nitrogen and oxygen atoms in total. The lowest BCUT2D eigenvalue weighted by Gasteiger charge is -2.07. The molecule has 34 heavy (non-hydrogen) atoms. The SMILES string of the molecule is CCCCCC(=NOC(C)=O)C(=O)c1ccc(-c2ccc(C(=O)C(C)=NOC(C)=O)cc2)cc1. The summed E-state index contributed by atoms with van der Waals surface area (Å²) in [5.41, 5.74) is 2.82. The maximum absolute atomic E-state index is 12.9. The molecular formula is C26H28N2O6. The molecule has 0 spiro atoms. The molecule has 178 valence electrons. The first-order valence-corrected chi connectivity index (χ1v) is 11.0. The molecule has 0 aromatic heterocycles. The van der Waals surface area contributed by atoms with Gasteiger partial charge in [0.1, 0.15) is 11.4 Å². The van der Waals surface area contributed by atoms with Gasteiger partial charge in [-0.3, -0.25) is 9.59 Å². The number of benzene rings is 2. The van der Waals surface area contributed by atoms with Crippen molar-refractivity contribution >= 4 is 34.9 Å². The lowest BCUT2D eigenvalue weighted by Crippen LogP contribution is -2.16. The molecule has 0 heterocycles. The number of hydrogen-bond acceptors (Lipinski definition) is 8. The standard InChI is InChI=1S/C26H28N2O6/c1-5-6-7-8-24(28-34-19(4)30)26(32)23-15-11-21(12-16-23)20-9-13-22(14-10-20)25(31)17(2)27-33-18(3)29/h9-16H,5-8H2,1-4H3. The molecule has 0 saturated carbocycles. The molecule has 2 aromatic carbocycles.